The van der Waals surface area contributed by atoms with E-state index in [1.54, 1.807) is 12.1 Å². The summed E-state index contributed by atoms with van der Waals surface area (Å²) in [5.74, 6) is 0.812. The fraction of sp³-hybridized carbons (Fsp3) is 0.286. The van der Waals surface area contributed by atoms with Gasteiger partial charge >= 0.3 is 5.97 Å². The van der Waals surface area contributed by atoms with Crippen LogP contribution in [0.15, 0.2) is 48.5 Å². The highest BCUT2D eigenvalue weighted by molar-refractivity contribution is 6.30. The number of imidazole rings is 1. The zero-order valence-electron chi connectivity index (χ0n) is 16.1. The topological polar surface area (TPSA) is 82.5 Å². The number of carbonyl (C=O) groups excluding carboxylic acids is 2. The highest BCUT2D eigenvalue weighted by Crippen LogP contribution is 2.18. The Balaban J connectivity index is 1.64. The summed E-state index contributed by atoms with van der Waals surface area (Å²) in [5.41, 5.74) is 1.81. The van der Waals surface area contributed by atoms with E-state index in [-0.39, 0.29) is 25.3 Å². The molecule has 0 spiro atoms. The average molecular weight is 416 g/mol. The molecule has 3 aromatic rings. The number of fused-ring (bicyclic) bond motifs is 1. The number of aromatic nitrogens is 2. The predicted molar refractivity (Wildman–Crippen MR) is 110 cm³/mol. The van der Waals surface area contributed by atoms with Gasteiger partial charge in [-0.25, -0.2) is 4.98 Å². The van der Waals surface area contributed by atoms with Crippen LogP contribution in [0.25, 0.3) is 11.0 Å². The van der Waals surface area contributed by atoms with Crippen LogP contribution in [-0.4, -0.2) is 35.1 Å². The summed E-state index contributed by atoms with van der Waals surface area (Å²) >= 11 is 5.89. The first-order chi connectivity index (χ1) is 14.1. The lowest BCUT2D eigenvalue weighted by Gasteiger charge is -2.11. The summed E-state index contributed by atoms with van der Waals surface area (Å²) in [6.45, 7) is 1.26. The molecule has 0 aliphatic rings. The Hall–Kier alpha value is -3.06. The van der Waals surface area contributed by atoms with Crippen molar-refractivity contribution in [3.63, 3.8) is 0 Å². The summed E-state index contributed by atoms with van der Waals surface area (Å²) in [6, 6.07) is 15.0. The molecule has 2 aromatic carbocycles. The number of nitrogens with zero attached hydrogens (tertiary/aromatic N) is 2. The molecule has 152 valence electrons. The van der Waals surface area contributed by atoms with Crippen molar-refractivity contribution in [2.24, 2.45) is 0 Å². The van der Waals surface area contributed by atoms with Crippen molar-refractivity contribution >= 4 is 34.5 Å². The molecule has 7 nitrogen and oxygen atoms in total. The Morgan fingerprint density at radius 3 is 2.62 bits per heavy atom. The molecule has 1 N–H and O–H groups in total. The molecule has 1 aromatic heterocycles. The number of halogens is 1. The molecule has 3 rings (SSSR count). The van der Waals surface area contributed by atoms with E-state index in [0.29, 0.717) is 18.2 Å². The second kappa shape index (κ2) is 9.93. The predicted octanol–water partition coefficient (Wildman–Crippen LogP) is 3.34. The molecule has 1 amide bonds. The highest BCUT2D eigenvalue weighted by atomic mass is 35.5. The molecule has 0 saturated heterocycles. The van der Waals surface area contributed by atoms with Gasteiger partial charge in [0.2, 0.25) is 5.91 Å². The van der Waals surface area contributed by atoms with E-state index >= 15 is 0 Å². The molecule has 0 atom stereocenters. The number of hydrogen-bond acceptors (Lipinski definition) is 5. The van der Waals surface area contributed by atoms with Gasteiger partial charge in [-0.1, -0.05) is 23.7 Å². The molecule has 0 radical (unpaired) electrons. The number of para-hydroxylation sites is 2. The molecule has 0 saturated carbocycles. The fourth-order valence-electron chi connectivity index (χ4n) is 2.88. The molecule has 1 heterocycles. The van der Waals surface area contributed by atoms with Gasteiger partial charge in [-0.3, -0.25) is 9.59 Å². The van der Waals surface area contributed by atoms with Crippen LogP contribution in [-0.2, 0) is 27.4 Å². The Morgan fingerprint density at radius 1 is 1.10 bits per heavy atom. The first kappa shape index (κ1) is 20.7. The number of methoxy groups -OCH3 is 1. The molecule has 0 fully saturated rings. The van der Waals surface area contributed by atoms with Gasteiger partial charge in [0.15, 0.2) is 0 Å². The van der Waals surface area contributed by atoms with Crippen molar-refractivity contribution in [1.29, 1.82) is 0 Å². The average Bonchev–Trinajstić information content (AvgIpc) is 3.09. The molecule has 0 bridgehead atoms. The van der Waals surface area contributed by atoms with Crippen molar-refractivity contribution in [2.75, 3.05) is 13.7 Å². The van der Waals surface area contributed by atoms with Crippen LogP contribution in [0.3, 0.4) is 0 Å². The van der Waals surface area contributed by atoms with Crippen LogP contribution in [0.4, 0.5) is 0 Å². The first-order valence-electron chi connectivity index (χ1n) is 9.23. The Labute approximate surface area is 173 Å². The summed E-state index contributed by atoms with van der Waals surface area (Å²) < 4.78 is 12.4. The Kier molecular flexibility index (Phi) is 7.08. The number of ether oxygens (including phenoxy) is 2. The molecular weight excluding hydrogens is 394 g/mol. The highest BCUT2D eigenvalue weighted by Gasteiger charge is 2.12. The third-order valence-corrected chi connectivity index (χ3v) is 4.61. The van der Waals surface area contributed by atoms with Crippen molar-refractivity contribution < 1.29 is 19.1 Å². The number of nitrogens with one attached hydrogen (secondary N) is 1. The Bertz CT molecular complexity index is 985. The van der Waals surface area contributed by atoms with E-state index in [1.807, 2.05) is 41.0 Å². The minimum absolute atomic E-state index is 0.0493. The maximum Gasteiger partial charge on any atom is 0.306 e. The quantitative estimate of drug-likeness (QED) is 0.542. The second-order valence-electron chi connectivity index (χ2n) is 6.32. The van der Waals surface area contributed by atoms with Crippen LogP contribution in [0, 0.1) is 0 Å². The maximum absolute atomic E-state index is 12.0. The normalized spacial score (nSPS) is 10.7. The van der Waals surface area contributed by atoms with Crippen LogP contribution < -0.4 is 10.1 Å². The number of amides is 1. The monoisotopic (exact) mass is 415 g/mol. The molecule has 0 aliphatic carbocycles. The second-order valence-corrected chi connectivity index (χ2v) is 6.76. The van der Waals surface area contributed by atoms with E-state index in [0.717, 1.165) is 22.6 Å². The van der Waals surface area contributed by atoms with E-state index < -0.39 is 5.97 Å². The molecule has 29 heavy (non-hydrogen) atoms. The van der Waals surface area contributed by atoms with E-state index in [9.17, 15) is 9.59 Å². The molecular formula is C21H22ClN3O4. The van der Waals surface area contributed by atoms with Crippen molar-refractivity contribution in [1.82, 2.24) is 14.9 Å². The third-order valence-electron chi connectivity index (χ3n) is 4.36. The lowest BCUT2D eigenvalue weighted by molar-refractivity contribution is -0.142. The smallest absolute Gasteiger partial charge is 0.306 e. The van der Waals surface area contributed by atoms with Crippen molar-refractivity contribution in [3.05, 3.63) is 59.4 Å². The van der Waals surface area contributed by atoms with Crippen molar-refractivity contribution in [2.45, 2.75) is 25.9 Å². The van der Waals surface area contributed by atoms with Crippen LogP contribution >= 0.6 is 11.6 Å². The standard InChI is InChI=1S/C21H22ClN3O4/c1-28-21(27)11-10-20(26)23-14-19-24-17-4-2-3-5-18(17)25(19)12-13-29-16-8-6-15(22)7-9-16/h2-9H,10-14H2,1H3,(H,23,26). The minimum Gasteiger partial charge on any atom is -0.492 e. The fourth-order valence-corrected chi connectivity index (χ4v) is 3.01. The number of rotatable bonds is 9. The summed E-state index contributed by atoms with van der Waals surface area (Å²) in [6.07, 6.45) is 0.125. The third kappa shape index (κ3) is 5.71. The Morgan fingerprint density at radius 2 is 1.86 bits per heavy atom. The number of benzene rings is 2. The summed E-state index contributed by atoms with van der Waals surface area (Å²) in [4.78, 5) is 27.8. The van der Waals surface area contributed by atoms with Gasteiger partial charge in [-0.15, -0.1) is 0 Å². The van der Waals surface area contributed by atoms with Gasteiger partial charge in [-0.2, -0.15) is 0 Å². The minimum atomic E-state index is -0.410. The first-order valence-corrected chi connectivity index (χ1v) is 9.60. The largest absolute Gasteiger partial charge is 0.492 e. The van der Waals surface area contributed by atoms with Gasteiger partial charge in [0.1, 0.15) is 18.2 Å². The van der Waals surface area contributed by atoms with Crippen LogP contribution in [0.5, 0.6) is 5.75 Å². The summed E-state index contributed by atoms with van der Waals surface area (Å²) in [5, 5.41) is 3.46. The number of hydrogen-bond donors (Lipinski definition) is 1. The van der Waals surface area contributed by atoms with Gasteiger partial charge in [0.25, 0.3) is 0 Å². The SMILES string of the molecule is COC(=O)CCC(=O)NCc1nc2ccccc2n1CCOc1ccc(Cl)cc1. The zero-order chi connectivity index (χ0) is 20.6. The van der Waals surface area contributed by atoms with Gasteiger partial charge in [0, 0.05) is 11.4 Å². The van der Waals surface area contributed by atoms with E-state index in [4.69, 9.17) is 16.3 Å². The number of esters is 1. The van der Waals surface area contributed by atoms with Crippen LogP contribution in [0.1, 0.15) is 18.7 Å². The van der Waals surface area contributed by atoms with Crippen molar-refractivity contribution in [3.8, 4) is 5.75 Å². The maximum atomic E-state index is 12.0. The van der Waals surface area contributed by atoms with Gasteiger partial charge in [-0.05, 0) is 36.4 Å². The lowest BCUT2D eigenvalue weighted by Crippen LogP contribution is -2.25. The van der Waals surface area contributed by atoms with Crippen LogP contribution in [0.2, 0.25) is 5.02 Å². The zero-order valence-corrected chi connectivity index (χ0v) is 16.8. The number of carbonyl (C=O) groups is 2. The lowest BCUT2D eigenvalue weighted by atomic mass is 10.3. The van der Waals surface area contributed by atoms with Gasteiger partial charge < -0.3 is 19.4 Å². The summed E-state index contributed by atoms with van der Waals surface area (Å²) in [7, 11) is 1.30. The van der Waals surface area contributed by atoms with E-state index in [2.05, 4.69) is 15.0 Å². The molecule has 8 heteroatoms. The van der Waals surface area contributed by atoms with Gasteiger partial charge in [0.05, 0.1) is 37.7 Å². The van der Waals surface area contributed by atoms with E-state index in [1.165, 1.54) is 7.11 Å². The molecule has 0 unspecified atom stereocenters. The molecule has 0 aliphatic heterocycles.